The van der Waals surface area contributed by atoms with Gasteiger partial charge in [0.2, 0.25) is 0 Å². The predicted octanol–water partition coefficient (Wildman–Crippen LogP) is 7.37. The minimum atomic E-state index is -0.341. The lowest BCUT2D eigenvalue weighted by molar-refractivity contribution is -0.113. The summed E-state index contributed by atoms with van der Waals surface area (Å²) in [6.07, 6.45) is 1.74. The van der Waals surface area contributed by atoms with Crippen LogP contribution in [0.2, 0.25) is 5.02 Å². The normalized spacial score (nSPS) is 15.1. The van der Waals surface area contributed by atoms with E-state index in [9.17, 15) is 9.59 Å². The van der Waals surface area contributed by atoms with Gasteiger partial charge in [0.05, 0.1) is 17.7 Å². The fraction of sp³-hybridized carbons (Fsp3) is 0.0435. The molecule has 0 saturated carbocycles. The van der Waals surface area contributed by atoms with Crippen molar-refractivity contribution in [3.8, 4) is 5.75 Å². The Morgan fingerprint density at radius 2 is 1.61 bits per heavy atom. The number of benzene rings is 3. The highest BCUT2D eigenvalue weighted by molar-refractivity contribution is 14.1. The molecule has 0 aromatic heterocycles. The molecule has 1 fully saturated rings. The van der Waals surface area contributed by atoms with Crippen molar-refractivity contribution >= 4 is 91.5 Å². The third-order valence-corrected chi connectivity index (χ3v) is 7.15. The van der Waals surface area contributed by atoms with Crippen LogP contribution < -0.4 is 9.64 Å². The van der Waals surface area contributed by atoms with E-state index in [1.165, 1.54) is 4.90 Å². The molecule has 0 bridgehead atoms. The van der Waals surface area contributed by atoms with E-state index in [-0.39, 0.29) is 11.1 Å². The minimum absolute atomic E-state index is 0.328. The van der Waals surface area contributed by atoms with Crippen molar-refractivity contribution in [2.24, 2.45) is 0 Å². The second kappa shape index (κ2) is 9.93. The van der Waals surface area contributed by atoms with Crippen LogP contribution in [0.4, 0.5) is 10.5 Å². The van der Waals surface area contributed by atoms with Gasteiger partial charge in [0.15, 0.2) is 0 Å². The Morgan fingerprint density at radius 1 is 0.968 bits per heavy atom. The fourth-order valence-corrected chi connectivity index (χ4v) is 6.06. The maximum atomic E-state index is 12.9. The molecule has 31 heavy (non-hydrogen) atoms. The molecule has 0 aliphatic carbocycles. The highest BCUT2D eigenvalue weighted by Crippen LogP contribution is 2.37. The van der Waals surface area contributed by atoms with E-state index in [0.717, 1.165) is 35.8 Å². The molecular weight excluding hydrogens is 660 g/mol. The van der Waals surface area contributed by atoms with Gasteiger partial charge in [-0.1, -0.05) is 41.9 Å². The van der Waals surface area contributed by atoms with Crippen molar-refractivity contribution in [3.63, 3.8) is 0 Å². The Bertz CT molecular complexity index is 1160. The molecule has 0 N–H and O–H groups in total. The van der Waals surface area contributed by atoms with Crippen LogP contribution in [0.25, 0.3) is 6.08 Å². The molecule has 1 heterocycles. The number of anilines is 1. The van der Waals surface area contributed by atoms with Crippen molar-refractivity contribution in [2.45, 2.75) is 6.61 Å². The van der Waals surface area contributed by atoms with E-state index >= 15 is 0 Å². The van der Waals surface area contributed by atoms with E-state index in [4.69, 9.17) is 16.3 Å². The van der Waals surface area contributed by atoms with Gasteiger partial charge in [-0.05, 0) is 111 Å². The van der Waals surface area contributed by atoms with Crippen LogP contribution in [0, 0.1) is 7.14 Å². The van der Waals surface area contributed by atoms with Crippen molar-refractivity contribution in [3.05, 3.63) is 94.9 Å². The van der Waals surface area contributed by atoms with Crippen LogP contribution in [-0.4, -0.2) is 11.1 Å². The van der Waals surface area contributed by atoms with Gasteiger partial charge in [-0.15, -0.1) is 0 Å². The number of carbonyl (C=O) groups excluding carboxylic acids is 2. The molecule has 3 aromatic carbocycles. The zero-order valence-electron chi connectivity index (χ0n) is 15.8. The highest BCUT2D eigenvalue weighted by atomic mass is 127. The van der Waals surface area contributed by atoms with Gasteiger partial charge in [0.1, 0.15) is 12.4 Å². The first kappa shape index (κ1) is 22.6. The molecule has 4 rings (SSSR count). The molecule has 0 atom stereocenters. The zero-order chi connectivity index (χ0) is 22.0. The second-order valence-electron chi connectivity index (χ2n) is 6.58. The van der Waals surface area contributed by atoms with Gasteiger partial charge >= 0.3 is 0 Å². The molecule has 1 aliphatic heterocycles. The number of halogens is 3. The average Bonchev–Trinajstić information content (AvgIpc) is 3.02. The van der Waals surface area contributed by atoms with Gasteiger partial charge in [0.25, 0.3) is 11.1 Å². The summed E-state index contributed by atoms with van der Waals surface area (Å²) < 4.78 is 7.89. The SMILES string of the molecule is O=C1S/C(=C/c2cc(I)c(OCc3ccccc3)c(I)c2)C(=O)N1c1ccc(Cl)cc1. The van der Waals surface area contributed by atoms with Crippen LogP contribution >= 0.6 is 68.5 Å². The number of amides is 2. The maximum absolute atomic E-state index is 12.9. The molecule has 4 nitrogen and oxygen atoms in total. The maximum Gasteiger partial charge on any atom is 0.298 e. The number of carbonyl (C=O) groups is 2. The summed E-state index contributed by atoms with van der Waals surface area (Å²) in [5.74, 6) is 0.461. The number of thioether (sulfide) groups is 1. The third-order valence-electron chi connectivity index (χ3n) is 4.42. The molecule has 1 aliphatic rings. The van der Waals surface area contributed by atoms with Crippen LogP contribution in [0.3, 0.4) is 0 Å². The summed E-state index contributed by atoms with van der Waals surface area (Å²) >= 11 is 11.3. The Kier molecular flexibility index (Phi) is 7.25. The number of imide groups is 1. The molecule has 0 spiro atoms. The first-order valence-corrected chi connectivity index (χ1v) is 12.5. The molecule has 0 radical (unpaired) electrons. The van der Waals surface area contributed by atoms with E-state index in [0.29, 0.717) is 22.2 Å². The number of rotatable bonds is 5. The molecule has 156 valence electrons. The summed E-state index contributed by atoms with van der Waals surface area (Å²) in [5, 5.41) is 0.218. The van der Waals surface area contributed by atoms with Crippen molar-refractivity contribution in [1.29, 1.82) is 0 Å². The summed E-state index contributed by atoms with van der Waals surface area (Å²) in [5.41, 5.74) is 2.43. The Morgan fingerprint density at radius 3 is 2.26 bits per heavy atom. The molecule has 1 saturated heterocycles. The Balaban J connectivity index is 1.55. The van der Waals surface area contributed by atoms with Crippen LogP contribution in [-0.2, 0) is 11.4 Å². The smallest absolute Gasteiger partial charge is 0.298 e. The van der Waals surface area contributed by atoms with Crippen molar-refractivity contribution in [1.82, 2.24) is 0 Å². The van der Waals surface area contributed by atoms with Crippen molar-refractivity contribution in [2.75, 3.05) is 4.90 Å². The molecule has 2 amide bonds. The second-order valence-corrected chi connectivity index (χ2v) is 10.3. The summed E-state index contributed by atoms with van der Waals surface area (Å²) in [6.45, 7) is 0.478. The van der Waals surface area contributed by atoms with E-state index in [2.05, 4.69) is 45.2 Å². The topological polar surface area (TPSA) is 46.6 Å². The number of ether oxygens (including phenoxy) is 1. The lowest BCUT2D eigenvalue weighted by Crippen LogP contribution is -2.27. The lowest BCUT2D eigenvalue weighted by atomic mass is 10.2. The zero-order valence-corrected chi connectivity index (χ0v) is 21.7. The molecular formula is C23H14ClI2NO3S. The molecule has 8 heteroatoms. The minimum Gasteiger partial charge on any atom is -0.487 e. The summed E-state index contributed by atoms with van der Waals surface area (Å²) in [6, 6.07) is 20.5. The number of hydrogen-bond donors (Lipinski definition) is 0. The quantitative estimate of drug-likeness (QED) is 0.210. The first-order chi connectivity index (χ1) is 14.9. The third kappa shape index (κ3) is 5.27. The van der Waals surface area contributed by atoms with Gasteiger partial charge in [-0.25, -0.2) is 4.90 Å². The standard InChI is InChI=1S/C23H14ClI2NO3S/c24-16-6-8-17(9-7-16)27-22(28)20(31-23(27)29)12-15-10-18(25)21(19(26)11-15)30-13-14-4-2-1-3-5-14/h1-12H,13H2/b20-12+. The van der Waals surface area contributed by atoms with Gasteiger partial charge in [0, 0.05) is 5.02 Å². The van der Waals surface area contributed by atoms with Gasteiger partial charge < -0.3 is 4.74 Å². The van der Waals surface area contributed by atoms with E-state index < -0.39 is 0 Å². The lowest BCUT2D eigenvalue weighted by Gasteiger charge is -2.12. The van der Waals surface area contributed by atoms with Crippen LogP contribution in [0.1, 0.15) is 11.1 Å². The number of nitrogens with zero attached hydrogens (tertiary/aromatic N) is 1. The van der Waals surface area contributed by atoms with Crippen LogP contribution in [0.5, 0.6) is 5.75 Å². The van der Waals surface area contributed by atoms with Gasteiger partial charge in [-0.3, -0.25) is 9.59 Å². The van der Waals surface area contributed by atoms with Gasteiger partial charge in [-0.2, -0.15) is 0 Å². The van der Waals surface area contributed by atoms with Crippen molar-refractivity contribution < 1.29 is 14.3 Å². The van der Waals surface area contributed by atoms with E-state index in [1.54, 1.807) is 30.3 Å². The van der Waals surface area contributed by atoms with Crippen LogP contribution in [0.15, 0.2) is 71.6 Å². The monoisotopic (exact) mass is 673 g/mol. The molecule has 0 unspecified atom stereocenters. The predicted molar refractivity (Wildman–Crippen MR) is 143 cm³/mol. The first-order valence-electron chi connectivity index (χ1n) is 9.11. The fourth-order valence-electron chi connectivity index (χ4n) is 2.96. The summed E-state index contributed by atoms with van der Waals surface area (Å²) in [4.78, 5) is 26.9. The molecule has 3 aromatic rings. The Labute approximate surface area is 216 Å². The number of hydrogen-bond acceptors (Lipinski definition) is 4. The highest BCUT2D eigenvalue weighted by Gasteiger charge is 2.36. The summed E-state index contributed by atoms with van der Waals surface area (Å²) in [7, 11) is 0. The Hall–Kier alpha value is -1.56. The largest absolute Gasteiger partial charge is 0.487 e. The van der Waals surface area contributed by atoms with E-state index in [1.807, 2.05) is 42.5 Å². The average molecular weight is 674 g/mol.